The van der Waals surface area contributed by atoms with Gasteiger partial charge in [-0.25, -0.2) is 9.97 Å². The molecule has 1 heterocycles. The number of alkyl halides is 3. The Hall–Kier alpha value is -1.18. The molecule has 2 atom stereocenters. The number of nitrogens with zero attached hydrogens (tertiary/aromatic N) is 2. The van der Waals surface area contributed by atoms with Gasteiger partial charge in [-0.2, -0.15) is 13.2 Å². The Labute approximate surface area is 99.1 Å². The van der Waals surface area contributed by atoms with Gasteiger partial charge in [0.25, 0.3) is 0 Å². The molecule has 2 unspecified atom stereocenters. The summed E-state index contributed by atoms with van der Waals surface area (Å²) < 4.78 is 48.0. The monoisotopic (exact) mass is 267 g/mol. The van der Waals surface area contributed by atoms with Crippen LogP contribution in [0.2, 0.25) is 0 Å². The van der Waals surface area contributed by atoms with E-state index in [-0.39, 0.29) is 17.7 Å². The number of anilines is 1. The van der Waals surface area contributed by atoms with E-state index in [2.05, 4.69) is 15.3 Å². The molecule has 8 heteroatoms. The number of hydrogen-bond acceptors (Lipinski definition) is 4. The van der Waals surface area contributed by atoms with Crippen LogP contribution in [0.4, 0.5) is 19.1 Å². The minimum atomic E-state index is -4.49. The van der Waals surface area contributed by atoms with Crippen LogP contribution in [-0.4, -0.2) is 32.2 Å². The van der Waals surface area contributed by atoms with E-state index in [1.54, 1.807) is 6.92 Å². The highest BCUT2D eigenvalue weighted by Gasteiger charge is 2.32. The molecule has 0 radical (unpaired) electrons. The molecule has 1 aromatic heterocycles. The molecule has 1 N–H and O–H groups in total. The van der Waals surface area contributed by atoms with Crippen molar-refractivity contribution in [3.63, 3.8) is 0 Å². The summed E-state index contributed by atoms with van der Waals surface area (Å²) in [4.78, 5) is 6.99. The molecule has 0 fully saturated rings. The SMILES string of the molecule is CC(CNc1nccc(C(F)(F)F)n1)S(C)=O. The van der Waals surface area contributed by atoms with Gasteiger partial charge < -0.3 is 5.32 Å². The molecule has 0 aliphatic rings. The highest BCUT2D eigenvalue weighted by Crippen LogP contribution is 2.27. The number of halogens is 3. The lowest BCUT2D eigenvalue weighted by molar-refractivity contribution is -0.141. The van der Waals surface area contributed by atoms with Crippen LogP contribution in [-0.2, 0) is 17.0 Å². The van der Waals surface area contributed by atoms with Gasteiger partial charge in [0, 0.05) is 35.0 Å². The molecule has 0 aliphatic heterocycles. The molecule has 0 spiro atoms. The first-order valence-corrected chi connectivity index (χ1v) is 6.39. The number of rotatable bonds is 4. The number of nitrogens with one attached hydrogen (secondary N) is 1. The predicted molar refractivity (Wildman–Crippen MR) is 59.1 cm³/mol. The molecular formula is C9H12F3N3OS. The third-order valence-corrected chi connectivity index (χ3v) is 3.36. The topological polar surface area (TPSA) is 54.9 Å². The van der Waals surface area contributed by atoms with Crippen molar-refractivity contribution in [1.82, 2.24) is 9.97 Å². The third-order valence-electron chi connectivity index (χ3n) is 2.06. The fourth-order valence-corrected chi connectivity index (χ4v) is 1.27. The Morgan fingerprint density at radius 1 is 1.53 bits per heavy atom. The van der Waals surface area contributed by atoms with Gasteiger partial charge in [0.05, 0.1) is 0 Å². The lowest BCUT2D eigenvalue weighted by Crippen LogP contribution is -2.22. The van der Waals surface area contributed by atoms with Gasteiger partial charge in [0.15, 0.2) is 0 Å². The van der Waals surface area contributed by atoms with Crippen molar-refractivity contribution in [3.8, 4) is 0 Å². The largest absolute Gasteiger partial charge is 0.433 e. The molecule has 0 bridgehead atoms. The van der Waals surface area contributed by atoms with E-state index in [1.807, 2.05) is 0 Å². The van der Waals surface area contributed by atoms with Gasteiger partial charge in [-0.1, -0.05) is 0 Å². The molecule has 0 saturated heterocycles. The summed E-state index contributed by atoms with van der Waals surface area (Å²) in [5, 5.41) is 2.44. The summed E-state index contributed by atoms with van der Waals surface area (Å²) in [7, 11) is -1.05. The van der Waals surface area contributed by atoms with E-state index < -0.39 is 22.7 Å². The fourth-order valence-electron chi connectivity index (χ4n) is 0.954. The molecule has 0 aromatic carbocycles. The Kier molecular flexibility index (Phi) is 4.44. The average molecular weight is 267 g/mol. The van der Waals surface area contributed by atoms with E-state index >= 15 is 0 Å². The maximum absolute atomic E-state index is 12.3. The summed E-state index contributed by atoms with van der Waals surface area (Å²) in [6.45, 7) is 1.97. The second kappa shape index (κ2) is 5.44. The van der Waals surface area contributed by atoms with Gasteiger partial charge in [0.2, 0.25) is 5.95 Å². The summed E-state index contributed by atoms with van der Waals surface area (Å²) >= 11 is 0. The predicted octanol–water partition coefficient (Wildman–Crippen LogP) is 1.67. The van der Waals surface area contributed by atoms with Crippen LogP contribution in [0.15, 0.2) is 12.3 Å². The van der Waals surface area contributed by atoms with E-state index in [1.165, 1.54) is 6.26 Å². The van der Waals surface area contributed by atoms with Gasteiger partial charge in [-0.3, -0.25) is 4.21 Å². The van der Waals surface area contributed by atoms with E-state index in [0.29, 0.717) is 0 Å². The van der Waals surface area contributed by atoms with Crippen molar-refractivity contribution in [2.45, 2.75) is 18.3 Å². The van der Waals surface area contributed by atoms with E-state index in [0.717, 1.165) is 12.3 Å². The molecule has 4 nitrogen and oxygen atoms in total. The molecule has 0 saturated carbocycles. The Morgan fingerprint density at radius 2 is 2.18 bits per heavy atom. The highest BCUT2D eigenvalue weighted by molar-refractivity contribution is 7.84. The van der Waals surface area contributed by atoms with Crippen molar-refractivity contribution in [2.24, 2.45) is 0 Å². The van der Waals surface area contributed by atoms with Crippen LogP contribution >= 0.6 is 0 Å². The first-order valence-electron chi connectivity index (χ1n) is 4.77. The van der Waals surface area contributed by atoms with Crippen LogP contribution in [0.3, 0.4) is 0 Å². The van der Waals surface area contributed by atoms with Crippen LogP contribution in [0.5, 0.6) is 0 Å². The highest BCUT2D eigenvalue weighted by atomic mass is 32.2. The molecule has 1 rings (SSSR count). The summed E-state index contributed by atoms with van der Waals surface area (Å²) in [6.07, 6.45) is -1.93. The van der Waals surface area contributed by atoms with Crippen molar-refractivity contribution in [3.05, 3.63) is 18.0 Å². The lowest BCUT2D eigenvalue weighted by atomic mass is 10.4. The van der Waals surface area contributed by atoms with Gasteiger partial charge in [-0.15, -0.1) is 0 Å². The zero-order valence-corrected chi connectivity index (χ0v) is 10.1. The first kappa shape index (κ1) is 13.9. The molecule has 96 valence electrons. The van der Waals surface area contributed by atoms with Gasteiger partial charge in [0.1, 0.15) is 5.69 Å². The smallest absolute Gasteiger partial charge is 0.353 e. The quantitative estimate of drug-likeness (QED) is 0.901. The Morgan fingerprint density at radius 3 is 2.71 bits per heavy atom. The van der Waals surface area contributed by atoms with Crippen molar-refractivity contribution < 1.29 is 17.4 Å². The summed E-state index contributed by atoms with van der Waals surface area (Å²) in [6, 6.07) is 0.798. The first-order chi connectivity index (χ1) is 7.80. The molecular weight excluding hydrogens is 255 g/mol. The Bertz CT molecular complexity index is 411. The minimum absolute atomic E-state index is 0.114. The molecule has 0 amide bonds. The zero-order valence-electron chi connectivity index (χ0n) is 9.28. The Balaban J connectivity index is 2.70. The lowest BCUT2D eigenvalue weighted by Gasteiger charge is -2.11. The maximum atomic E-state index is 12.3. The zero-order chi connectivity index (χ0) is 13.1. The van der Waals surface area contributed by atoms with Crippen LogP contribution in [0, 0.1) is 0 Å². The molecule has 17 heavy (non-hydrogen) atoms. The third kappa shape index (κ3) is 4.29. The van der Waals surface area contributed by atoms with Gasteiger partial charge >= 0.3 is 6.18 Å². The second-order valence-electron chi connectivity index (χ2n) is 3.45. The summed E-state index contributed by atoms with van der Waals surface area (Å²) in [5.41, 5.74) is -1.000. The average Bonchev–Trinajstić information content (AvgIpc) is 2.25. The standard InChI is InChI=1S/C9H12F3N3OS/c1-6(17(2)16)5-14-8-13-4-3-7(15-8)9(10,11)12/h3-4,6H,5H2,1-2H3,(H,13,14,15). The minimum Gasteiger partial charge on any atom is -0.353 e. The second-order valence-corrected chi connectivity index (χ2v) is 5.26. The number of aromatic nitrogens is 2. The van der Waals surface area contributed by atoms with E-state index in [9.17, 15) is 17.4 Å². The van der Waals surface area contributed by atoms with Gasteiger partial charge in [-0.05, 0) is 13.0 Å². The van der Waals surface area contributed by atoms with E-state index in [4.69, 9.17) is 0 Å². The van der Waals surface area contributed by atoms with Crippen LogP contribution in [0.1, 0.15) is 12.6 Å². The fraction of sp³-hybridized carbons (Fsp3) is 0.556. The number of hydrogen-bond donors (Lipinski definition) is 1. The normalized spacial score (nSPS) is 15.4. The van der Waals surface area contributed by atoms with Crippen molar-refractivity contribution >= 4 is 16.7 Å². The van der Waals surface area contributed by atoms with Crippen molar-refractivity contribution in [2.75, 3.05) is 18.1 Å². The summed E-state index contributed by atoms with van der Waals surface area (Å²) in [5.74, 6) is -0.114. The van der Waals surface area contributed by atoms with Crippen LogP contribution < -0.4 is 5.32 Å². The molecule has 1 aromatic rings. The van der Waals surface area contributed by atoms with Crippen molar-refractivity contribution in [1.29, 1.82) is 0 Å². The molecule has 0 aliphatic carbocycles. The maximum Gasteiger partial charge on any atom is 0.433 e. The van der Waals surface area contributed by atoms with Crippen LogP contribution in [0.25, 0.3) is 0 Å².